The molecule has 0 radical (unpaired) electrons. The number of hydrogen-bond donors (Lipinski definition) is 0. The van der Waals surface area contributed by atoms with Crippen molar-refractivity contribution in [1.29, 1.82) is 0 Å². The van der Waals surface area contributed by atoms with Crippen LogP contribution in [0.3, 0.4) is 0 Å². The Hall–Kier alpha value is -1.70. The molecule has 1 aromatic heterocycles. The Morgan fingerprint density at radius 2 is 1.08 bits per heavy atom. The first-order valence-electron chi connectivity index (χ1n) is 7.40. The Morgan fingerprint density at radius 1 is 0.720 bits per heavy atom. The fourth-order valence-corrected chi connectivity index (χ4v) is 3.55. The minimum absolute atomic E-state index is 0.0190. The molecular weight excluding hydrogens is 468 g/mol. The van der Waals surface area contributed by atoms with Crippen LogP contribution in [0.1, 0.15) is 30.7 Å². The minimum Gasteiger partial charge on any atom is -0.294 e. The maximum Gasteiger partial charge on any atom is 0.169 e. The summed E-state index contributed by atoms with van der Waals surface area (Å²) >= 11 is 7.99. The monoisotopic (exact) mass is 478 g/mol. The van der Waals surface area contributed by atoms with Gasteiger partial charge >= 0.3 is 0 Å². The fourth-order valence-electron chi connectivity index (χ4n) is 2.18. The highest BCUT2D eigenvalue weighted by Crippen LogP contribution is 2.18. The van der Waals surface area contributed by atoms with Gasteiger partial charge in [0.2, 0.25) is 0 Å². The van der Waals surface area contributed by atoms with Crippen LogP contribution >= 0.6 is 43.2 Å². The first kappa shape index (κ1) is 18.1. The van der Waals surface area contributed by atoms with Crippen LogP contribution in [0, 0.1) is 0 Å². The van der Waals surface area contributed by atoms with Gasteiger partial charge in [0.25, 0.3) is 0 Å². The van der Waals surface area contributed by atoms with Gasteiger partial charge in [-0.1, -0.05) is 56.1 Å². The molecule has 3 aromatic rings. The van der Waals surface area contributed by atoms with Crippen molar-refractivity contribution < 1.29 is 9.59 Å². The number of carbonyl (C=O) groups is 2. The zero-order valence-electron chi connectivity index (χ0n) is 12.9. The van der Waals surface area contributed by atoms with E-state index in [1.807, 2.05) is 24.3 Å². The second-order valence-electron chi connectivity index (χ2n) is 5.30. The van der Waals surface area contributed by atoms with E-state index < -0.39 is 0 Å². The standard InChI is InChI=1S/C18H12Br2N2O2S/c19-13-5-1-11(2-6-13)15(23)9-17-21-22-18(25-17)10-16(24)12-3-7-14(20)8-4-12/h1-8H,9-10H2. The van der Waals surface area contributed by atoms with Crippen molar-refractivity contribution >= 4 is 54.8 Å². The molecule has 0 bridgehead atoms. The second-order valence-corrected chi connectivity index (χ2v) is 8.28. The number of halogens is 2. The first-order chi connectivity index (χ1) is 12.0. The zero-order valence-corrected chi connectivity index (χ0v) is 16.9. The number of hydrogen-bond acceptors (Lipinski definition) is 5. The lowest BCUT2D eigenvalue weighted by Crippen LogP contribution is -2.02. The fraction of sp³-hybridized carbons (Fsp3) is 0.111. The Kier molecular flexibility index (Phi) is 5.88. The molecule has 0 aliphatic rings. The van der Waals surface area contributed by atoms with Crippen LogP contribution in [0.2, 0.25) is 0 Å². The molecule has 0 N–H and O–H groups in total. The van der Waals surface area contributed by atoms with Crippen molar-refractivity contribution in [2.75, 3.05) is 0 Å². The number of Topliss-reactive ketones (excluding diaryl/α,β-unsaturated/α-hetero) is 2. The lowest BCUT2D eigenvalue weighted by molar-refractivity contribution is 0.0984. The van der Waals surface area contributed by atoms with Crippen LogP contribution < -0.4 is 0 Å². The summed E-state index contributed by atoms with van der Waals surface area (Å²) in [5.41, 5.74) is 1.26. The van der Waals surface area contributed by atoms with Gasteiger partial charge in [0, 0.05) is 20.1 Å². The zero-order chi connectivity index (χ0) is 17.8. The molecule has 3 rings (SSSR count). The summed E-state index contributed by atoms with van der Waals surface area (Å²) in [6, 6.07) is 14.4. The van der Waals surface area contributed by atoms with E-state index in [0.717, 1.165) is 8.95 Å². The normalized spacial score (nSPS) is 10.6. The highest BCUT2D eigenvalue weighted by Gasteiger charge is 2.14. The minimum atomic E-state index is -0.0190. The van der Waals surface area contributed by atoms with Crippen molar-refractivity contribution in [2.24, 2.45) is 0 Å². The summed E-state index contributed by atoms with van der Waals surface area (Å²) in [5, 5.41) is 9.31. The van der Waals surface area contributed by atoms with E-state index in [0.29, 0.717) is 21.1 Å². The van der Waals surface area contributed by atoms with Gasteiger partial charge in [0.1, 0.15) is 10.0 Å². The third-order valence-electron chi connectivity index (χ3n) is 3.46. The number of ketones is 2. The smallest absolute Gasteiger partial charge is 0.169 e. The number of benzene rings is 2. The summed E-state index contributed by atoms with van der Waals surface area (Å²) in [6.45, 7) is 0. The Bertz CT molecular complexity index is 832. The van der Waals surface area contributed by atoms with Gasteiger partial charge in [-0.15, -0.1) is 21.5 Å². The van der Waals surface area contributed by atoms with Crippen LogP contribution in [0.15, 0.2) is 57.5 Å². The number of aromatic nitrogens is 2. The van der Waals surface area contributed by atoms with E-state index >= 15 is 0 Å². The molecular formula is C18H12Br2N2O2S. The molecule has 0 spiro atoms. The van der Waals surface area contributed by atoms with Gasteiger partial charge in [-0.2, -0.15) is 0 Å². The van der Waals surface area contributed by atoms with Crippen molar-refractivity contribution in [2.45, 2.75) is 12.8 Å². The van der Waals surface area contributed by atoms with Gasteiger partial charge in [-0.05, 0) is 24.3 Å². The van der Waals surface area contributed by atoms with E-state index in [9.17, 15) is 9.59 Å². The third-order valence-corrected chi connectivity index (χ3v) is 5.45. The number of nitrogens with zero attached hydrogens (tertiary/aromatic N) is 2. The lowest BCUT2D eigenvalue weighted by Gasteiger charge is -1.99. The summed E-state index contributed by atoms with van der Waals surface area (Å²) < 4.78 is 1.85. The van der Waals surface area contributed by atoms with Crippen molar-refractivity contribution in [3.8, 4) is 0 Å². The van der Waals surface area contributed by atoms with Gasteiger partial charge in [-0.25, -0.2) is 0 Å². The third kappa shape index (κ3) is 4.90. The molecule has 25 heavy (non-hydrogen) atoms. The highest BCUT2D eigenvalue weighted by atomic mass is 79.9. The van der Waals surface area contributed by atoms with Crippen LogP contribution in [-0.4, -0.2) is 21.8 Å². The van der Waals surface area contributed by atoms with Gasteiger partial charge in [0.05, 0.1) is 12.8 Å². The molecule has 126 valence electrons. The molecule has 0 aliphatic heterocycles. The van der Waals surface area contributed by atoms with Crippen LogP contribution in [0.25, 0.3) is 0 Å². The van der Waals surface area contributed by atoms with Crippen molar-refractivity contribution in [3.05, 3.63) is 78.6 Å². The van der Waals surface area contributed by atoms with Crippen LogP contribution in [0.5, 0.6) is 0 Å². The maximum atomic E-state index is 12.3. The van der Waals surface area contributed by atoms with E-state index in [2.05, 4.69) is 42.1 Å². The molecule has 4 nitrogen and oxygen atoms in total. The lowest BCUT2D eigenvalue weighted by atomic mass is 10.1. The molecule has 0 atom stereocenters. The van der Waals surface area contributed by atoms with Crippen LogP contribution in [-0.2, 0) is 12.8 Å². The highest BCUT2D eigenvalue weighted by molar-refractivity contribution is 9.10. The van der Waals surface area contributed by atoms with E-state index in [1.165, 1.54) is 11.3 Å². The molecule has 0 aliphatic carbocycles. The van der Waals surface area contributed by atoms with Gasteiger partial charge < -0.3 is 0 Å². The summed E-state index contributed by atoms with van der Waals surface area (Å²) in [5.74, 6) is -0.0381. The molecule has 0 saturated carbocycles. The predicted octanol–water partition coefficient (Wildman–Crippen LogP) is 4.91. The maximum absolute atomic E-state index is 12.3. The van der Waals surface area contributed by atoms with Crippen LogP contribution in [0.4, 0.5) is 0 Å². The molecule has 1 heterocycles. The van der Waals surface area contributed by atoms with E-state index in [4.69, 9.17) is 0 Å². The molecule has 0 amide bonds. The first-order valence-corrected chi connectivity index (χ1v) is 9.80. The van der Waals surface area contributed by atoms with Gasteiger partial charge in [0.15, 0.2) is 11.6 Å². The number of rotatable bonds is 6. The number of carbonyl (C=O) groups excluding carboxylic acids is 2. The molecule has 0 saturated heterocycles. The Morgan fingerprint density at radius 3 is 1.44 bits per heavy atom. The Balaban J connectivity index is 1.64. The molecule has 0 fully saturated rings. The van der Waals surface area contributed by atoms with E-state index in [-0.39, 0.29) is 24.4 Å². The summed E-state index contributed by atoms with van der Waals surface area (Å²) in [4.78, 5) is 24.5. The topological polar surface area (TPSA) is 59.9 Å². The van der Waals surface area contributed by atoms with Crippen molar-refractivity contribution in [1.82, 2.24) is 10.2 Å². The SMILES string of the molecule is O=C(Cc1nnc(CC(=O)c2ccc(Br)cc2)s1)c1ccc(Br)cc1. The van der Waals surface area contributed by atoms with E-state index in [1.54, 1.807) is 24.3 Å². The average Bonchev–Trinajstić information content (AvgIpc) is 3.02. The van der Waals surface area contributed by atoms with Gasteiger partial charge in [-0.3, -0.25) is 9.59 Å². The average molecular weight is 480 g/mol. The largest absolute Gasteiger partial charge is 0.294 e. The molecule has 0 unspecified atom stereocenters. The molecule has 2 aromatic carbocycles. The quantitative estimate of drug-likeness (QED) is 0.471. The Labute approximate surface area is 165 Å². The predicted molar refractivity (Wildman–Crippen MR) is 104 cm³/mol. The van der Waals surface area contributed by atoms with Crippen molar-refractivity contribution in [3.63, 3.8) is 0 Å². The molecule has 7 heteroatoms. The summed E-state index contributed by atoms with van der Waals surface area (Å²) in [6.07, 6.45) is 0.373. The second kappa shape index (κ2) is 8.12. The summed E-state index contributed by atoms with van der Waals surface area (Å²) in [7, 11) is 0.